The summed E-state index contributed by atoms with van der Waals surface area (Å²) in [4.78, 5) is 0. The van der Waals surface area contributed by atoms with Gasteiger partial charge in [-0.1, -0.05) is 303 Å². The predicted octanol–water partition coefficient (Wildman–Crippen LogP) is 22.6. The molecule has 0 nitrogen and oxygen atoms in total. The molecule has 0 N–H and O–H groups in total. The van der Waals surface area contributed by atoms with Crippen molar-refractivity contribution in [3.8, 4) is 77.9 Å². The molecule has 0 amide bonds. The third-order valence-corrected chi connectivity index (χ3v) is 17.1. The van der Waals surface area contributed by atoms with Crippen molar-refractivity contribution in [3.63, 3.8) is 0 Å². The molecular weight excluding hydrogens is 961 g/mol. The van der Waals surface area contributed by atoms with E-state index < -0.39 is 0 Å². The smallest absolute Gasteiger partial charge is 0.00201 e. The van der Waals surface area contributed by atoms with Gasteiger partial charge in [0.05, 0.1) is 0 Å². The zero-order chi connectivity index (χ0) is 52.7. The molecule has 0 saturated carbocycles. The van der Waals surface area contributed by atoms with Crippen LogP contribution in [0, 0.1) is 0 Å². The van der Waals surface area contributed by atoms with E-state index >= 15 is 0 Å². The molecular formula is C80H50. The van der Waals surface area contributed by atoms with Crippen molar-refractivity contribution in [2.75, 3.05) is 0 Å². The maximum atomic E-state index is 2.39. The fourth-order valence-electron chi connectivity index (χ4n) is 13.6. The van der Waals surface area contributed by atoms with E-state index in [9.17, 15) is 0 Å². The molecule has 0 aromatic heterocycles. The molecule has 16 rings (SSSR count). The average Bonchev–Trinajstić information content (AvgIpc) is 3.70. The Hall–Kier alpha value is -10.4. The Morgan fingerprint density at radius 3 is 0.662 bits per heavy atom. The molecule has 0 heteroatoms. The first-order valence-electron chi connectivity index (χ1n) is 27.8. The SMILES string of the molecule is c1ccc2c(-c3ccc(-c4c5ccccc5c(-c5ccc(-c6ccc(-c7c8ccccc8c(-c8ccc(-c9cccc%10ccccc9%10)cc8)c8ccccc78)c7ccccc67)c6ccccc56)c5ccccc45)cc3)cccc2c1. The quantitative estimate of drug-likeness (QED) is 0.140. The average molecular weight is 1010 g/mol. The Labute approximate surface area is 464 Å². The van der Waals surface area contributed by atoms with Crippen molar-refractivity contribution in [2.24, 2.45) is 0 Å². The number of hydrogen-bond acceptors (Lipinski definition) is 0. The summed E-state index contributed by atoms with van der Waals surface area (Å²) in [6.07, 6.45) is 0. The molecule has 0 aliphatic carbocycles. The van der Waals surface area contributed by atoms with E-state index in [0.29, 0.717) is 0 Å². The molecule has 0 heterocycles. The number of fused-ring (bicyclic) bond motifs is 8. The van der Waals surface area contributed by atoms with Crippen LogP contribution in [-0.2, 0) is 0 Å². The lowest BCUT2D eigenvalue weighted by Crippen LogP contribution is -1.94. The number of hydrogen-bond donors (Lipinski definition) is 0. The third kappa shape index (κ3) is 7.23. The number of rotatable bonds is 7. The molecule has 0 atom stereocenters. The van der Waals surface area contributed by atoms with Gasteiger partial charge in [-0.2, -0.15) is 0 Å². The summed E-state index contributed by atoms with van der Waals surface area (Å²) in [7, 11) is 0. The Balaban J connectivity index is 0.833. The van der Waals surface area contributed by atoms with Gasteiger partial charge < -0.3 is 0 Å². The molecule has 0 aliphatic heterocycles. The summed E-state index contributed by atoms with van der Waals surface area (Å²) in [5.41, 5.74) is 17.3. The largest absolute Gasteiger partial charge is 0.0616 e. The summed E-state index contributed by atoms with van der Waals surface area (Å²) in [5.74, 6) is 0. The zero-order valence-electron chi connectivity index (χ0n) is 43.9. The van der Waals surface area contributed by atoms with Crippen molar-refractivity contribution in [3.05, 3.63) is 303 Å². The first kappa shape index (κ1) is 45.8. The zero-order valence-corrected chi connectivity index (χ0v) is 43.9. The van der Waals surface area contributed by atoms with E-state index in [4.69, 9.17) is 0 Å². The van der Waals surface area contributed by atoms with Crippen molar-refractivity contribution in [1.29, 1.82) is 0 Å². The van der Waals surface area contributed by atoms with Gasteiger partial charge in [0.25, 0.3) is 0 Å². The first-order valence-corrected chi connectivity index (χ1v) is 27.8. The predicted molar refractivity (Wildman–Crippen MR) is 345 cm³/mol. The van der Waals surface area contributed by atoms with Gasteiger partial charge in [-0.25, -0.2) is 0 Å². The molecule has 370 valence electrons. The van der Waals surface area contributed by atoms with Crippen LogP contribution < -0.4 is 0 Å². The molecule has 16 aromatic carbocycles. The van der Waals surface area contributed by atoms with Gasteiger partial charge in [0.1, 0.15) is 0 Å². The molecule has 0 saturated heterocycles. The molecule has 0 spiro atoms. The van der Waals surface area contributed by atoms with Gasteiger partial charge in [-0.05, 0) is 164 Å². The summed E-state index contributed by atoms with van der Waals surface area (Å²) in [6.45, 7) is 0. The summed E-state index contributed by atoms with van der Waals surface area (Å²) in [5, 5.41) is 20.0. The highest BCUT2D eigenvalue weighted by molar-refractivity contribution is 6.27. The van der Waals surface area contributed by atoms with E-state index in [0.717, 1.165) is 0 Å². The Bertz CT molecular complexity index is 4700. The molecule has 0 aliphatic rings. The standard InChI is InChI=1S/C80H50/c1-3-23-57-51(19-1)21-17-37-59(57)53-39-43-55(44-40-53)77-67-29-9-13-33-71(67)79(72-34-14-10-30-68(72)77)75-49-47-65(61-25-5-7-27-63(61)75)66-48-50-76(64-28-8-6-26-62(64)66)80-73-35-15-11-31-69(73)78(70-32-12-16-36-74(70)80)56-45-41-54(42-46-56)60-38-18-22-52-20-2-4-24-58(52)60/h1-50H. The molecule has 16 aromatic rings. The lowest BCUT2D eigenvalue weighted by molar-refractivity contribution is 1.63. The molecule has 0 unspecified atom stereocenters. The van der Waals surface area contributed by atoms with Crippen LogP contribution in [0.15, 0.2) is 303 Å². The molecule has 0 radical (unpaired) electrons. The van der Waals surface area contributed by atoms with E-state index in [1.54, 1.807) is 0 Å². The van der Waals surface area contributed by atoms with Gasteiger partial charge in [0.2, 0.25) is 0 Å². The second-order valence-electron chi connectivity index (χ2n) is 21.3. The molecule has 0 fully saturated rings. The maximum absolute atomic E-state index is 2.39. The van der Waals surface area contributed by atoms with E-state index in [1.807, 2.05) is 0 Å². The fraction of sp³-hybridized carbons (Fsp3) is 0. The molecule has 0 bridgehead atoms. The van der Waals surface area contributed by atoms with Crippen LogP contribution in [0.4, 0.5) is 0 Å². The Kier molecular flexibility index (Phi) is 10.7. The summed E-state index contributed by atoms with van der Waals surface area (Å²) >= 11 is 0. The van der Waals surface area contributed by atoms with Crippen molar-refractivity contribution in [2.45, 2.75) is 0 Å². The summed E-state index contributed by atoms with van der Waals surface area (Å²) in [6, 6.07) is 113. The van der Waals surface area contributed by atoms with Crippen LogP contribution in [0.1, 0.15) is 0 Å². The highest BCUT2D eigenvalue weighted by Crippen LogP contribution is 2.50. The van der Waals surface area contributed by atoms with Gasteiger partial charge in [0, 0.05) is 0 Å². The summed E-state index contributed by atoms with van der Waals surface area (Å²) < 4.78 is 0. The van der Waals surface area contributed by atoms with Crippen molar-refractivity contribution in [1.82, 2.24) is 0 Å². The van der Waals surface area contributed by atoms with Crippen molar-refractivity contribution >= 4 is 86.2 Å². The third-order valence-electron chi connectivity index (χ3n) is 17.1. The van der Waals surface area contributed by atoms with Crippen LogP contribution >= 0.6 is 0 Å². The highest BCUT2D eigenvalue weighted by atomic mass is 14.3. The monoisotopic (exact) mass is 1010 g/mol. The second-order valence-corrected chi connectivity index (χ2v) is 21.3. The van der Waals surface area contributed by atoms with Crippen molar-refractivity contribution < 1.29 is 0 Å². The number of benzene rings is 16. The van der Waals surface area contributed by atoms with Gasteiger partial charge >= 0.3 is 0 Å². The Morgan fingerprint density at radius 2 is 0.338 bits per heavy atom. The van der Waals surface area contributed by atoms with Gasteiger partial charge in [-0.15, -0.1) is 0 Å². The fourth-order valence-corrected chi connectivity index (χ4v) is 13.6. The maximum Gasteiger partial charge on any atom is -0.00201 e. The van der Waals surface area contributed by atoms with E-state index in [2.05, 4.69) is 303 Å². The van der Waals surface area contributed by atoms with Crippen LogP contribution in [-0.4, -0.2) is 0 Å². The normalized spacial score (nSPS) is 11.8. The minimum absolute atomic E-state index is 1.21. The molecule has 80 heavy (non-hydrogen) atoms. The Morgan fingerprint density at radius 1 is 0.113 bits per heavy atom. The topological polar surface area (TPSA) is 0 Å². The highest BCUT2D eigenvalue weighted by Gasteiger charge is 2.23. The minimum atomic E-state index is 1.21. The van der Waals surface area contributed by atoms with Crippen LogP contribution in [0.5, 0.6) is 0 Å². The van der Waals surface area contributed by atoms with Crippen LogP contribution in [0.2, 0.25) is 0 Å². The van der Waals surface area contributed by atoms with Crippen LogP contribution in [0.25, 0.3) is 164 Å². The lowest BCUT2D eigenvalue weighted by Gasteiger charge is -2.21. The minimum Gasteiger partial charge on any atom is -0.0616 e. The first-order chi connectivity index (χ1) is 39.7. The second kappa shape index (κ2) is 18.7. The van der Waals surface area contributed by atoms with E-state index in [1.165, 1.54) is 164 Å². The van der Waals surface area contributed by atoms with Gasteiger partial charge in [0.15, 0.2) is 0 Å². The van der Waals surface area contributed by atoms with Crippen LogP contribution in [0.3, 0.4) is 0 Å². The van der Waals surface area contributed by atoms with Gasteiger partial charge in [-0.3, -0.25) is 0 Å². The lowest BCUT2D eigenvalue weighted by atomic mass is 9.82. The van der Waals surface area contributed by atoms with E-state index in [-0.39, 0.29) is 0 Å².